The molecule has 12 rings (SSSR count). The van der Waals surface area contributed by atoms with Gasteiger partial charge in [0.05, 0.1) is 22.9 Å². The van der Waals surface area contributed by atoms with Crippen LogP contribution in [0.15, 0.2) is 71.8 Å². The molecule has 6 saturated heterocycles. The van der Waals surface area contributed by atoms with Gasteiger partial charge in [-0.15, -0.1) is 0 Å². The Bertz CT molecular complexity index is 1640. The zero-order valence-corrected chi connectivity index (χ0v) is 25.7. The first-order valence-electron chi connectivity index (χ1n) is 17.4. The second kappa shape index (κ2) is 7.17. The predicted octanol–water partition coefficient (Wildman–Crippen LogP) is 3.98. The molecule has 8 fully saturated rings. The maximum atomic E-state index is 13.7. The highest BCUT2D eigenvalue weighted by Crippen LogP contribution is 2.86. The fourth-order valence-electron chi connectivity index (χ4n) is 15.5. The molecule has 226 valence electrons. The Morgan fingerprint density at radius 2 is 1.09 bits per heavy atom. The number of aliphatic hydroxyl groups excluding tert-OH is 2. The molecule has 2 aromatic carbocycles. The molecule has 2 saturated carbocycles. The average molecular weight is 587 g/mol. The molecule has 44 heavy (non-hydrogen) atoms. The molecule has 6 heteroatoms. The normalized spacial score (nSPS) is 52.9. The van der Waals surface area contributed by atoms with Crippen LogP contribution < -0.4 is 9.80 Å². The van der Waals surface area contributed by atoms with Crippen molar-refractivity contribution in [2.75, 3.05) is 36.0 Å². The minimum Gasteiger partial charge on any atom is -0.373 e. The highest BCUT2D eigenvalue weighted by atomic mass is 16.3. The fourth-order valence-corrected chi connectivity index (χ4v) is 15.5. The second-order valence-electron chi connectivity index (χ2n) is 16.1. The molecular formula is C38H42N4O2. The van der Waals surface area contributed by atoms with E-state index in [0.717, 1.165) is 51.9 Å². The molecule has 12 unspecified atom stereocenters. The Labute approximate surface area is 259 Å². The number of rotatable bonds is 0. The molecule has 2 aliphatic carbocycles. The number of hydrogen-bond donors (Lipinski definition) is 2. The van der Waals surface area contributed by atoms with Crippen LogP contribution in [0.25, 0.3) is 0 Å². The van der Waals surface area contributed by atoms with Crippen molar-refractivity contribution in [2.24, 2.45) is 22.7 Å². The Morgan fingerprint density at radius 1 is 0.659 bits per heavy atom. The van der Waals surface area contributed by atoms with Gasteiger partial charge < -0.3 is 20.0 Å². The Hall–Kier alpha value is -2.64. The van der Waals surface area contributed by atoms with Crippen LogP contribution in [0.4, 0.5) is 11.4 Å². The Kier molecular flexibility index (Phi) is 4.01. The molecule has 0 radical (unpaired) electrons. The second-order valence-corrected chi connectivity index (χ2v) is 16.1. The van der Waals surface area contributed by atoms with Gasteiger partial charge in [-0.3, -0.25) is 9.80 Å². The van der Waals surface area contributed by atoms with E-state index in [-0.39, 0.29) is 34.7 Å². The van der Waals surface area contributed by atoms with Gasteiger partial charge in [0.1, 0.15) is 12.5 Å². The van der Waals surface area contributed by atoms with Gasteiger partial charge in [0.2, 0.25) is 0 Å². The molecule has 4 spiro atoms. The number of anilines is 2. The molecule has 8 aliphatic heterocycles. The van der Waals surface area contributed by atoms with Crippen molar-refractivity contribution in [3.8, 4) is 0 Å². The van der Waals surface area contributed by atoms with Gasteiger partial charge in [-0.05, 0) is 87.7 Å². The van der Waals surface area contributed by atoms with Gasteiger partial charge in [0, 0.05) is 47.4 Å². The summed E-state index contributed by atoms with van der Waals surface area (Å²) in [7, 11) is 0. The number of hydrogen-bond acceptors (Lipinski definition) is 6. The minimum absolute atomic E-state index is 0.0744. The number of piperidine rings is 2. The summed E-state index contributed by atoms with van der Waals surface area (Å²) in [6.45, 7) is 8.70. The van der Waals surface area contributed by atoms with Crippen LogP contribution in [0.2, 0.25) is 0 Å². The number of nitrogens with zero attached hydrogens (tertiary/aromatic N) is 4. The smallest absolute Gasteiger partial charge is 0.136 e. The molecule has 4 bridgehead atoms. The van der Waals surface area contributed by atoms with Gasteiger partial charge >= 0.3 is 0 Å². The molecule has 12 atom stereocenters. The lowest BCUT2D eigenvalue weighted by Crippen LogP contribution is -2.75. The van der Waals surface area contributed by atoms with E-state index >= 15 is 0 Å². The molecule has 2 N–H and O–H groups in total. The van der Waals surface area contributed by atoms with Gasteiger partial charge in [-0.25, -0.2) is 0 Å². The Balaban J connectivity index is 1.26. The van der Waals surface area contributed by atoms with Crippen molar-refractivity contribution in [2.45, 2.75) is 87.0 Å². The van der Waals surface area contributed by atoms with Crippen LogP contribution in [0.5, 0.6) is 0 Å². The summed E-state index contributed by atoms with van der Waals surface area (Å²) in [6.07, 6.45) is 7.92. The third kappa shape index (κ3) is 1.95. The maximum Gasteiger partial charge on any atom is 0.136 e. The van der Waals surface area contributed by atoms with E-state index in [2.05, 4.69) is 94.1 Å². The fraction of sp³-hybridized carbons (Fsp3) is 0.579. The van der Waals surface area contributed by atoms with Crippen LogP contribution >= 0.6 is 0 Å². The zero-order valence-electron chi connectivity index (χ0n) is 25.7. The summed E-state index contributed by atoms with van der Waals surface area (Å²) in [5, 5.41) is 27.3. The monoisotopic (exact) mass is 586 g/mol. The molecule has 8 heterocycles. The first-order valence-corrected chi connectivity index (χ1v) is 17.4. The summed E-state index contributed by atoms with van der Waals surface area (Å²) in [4.78, 5) is 10.6. The number of allylic oxidation sites excluding steroid dienone is 2. The van der Waals surface area contributed by atoms with E-state index in [9.17, 15) is 10.2 Å². The van der Waals surface area contributed by atoms with E-state index in [1.54, 1.807) is 0 Å². The molecule has 0 aromatic heterocycles. The van der Waals surface area contributed by atoms with Crippen molar-refractivity contribution in [3.63, 3.8) is 0 Å². The van der Waals surface area contributed by atoms with Crippen molar-refractivity contribution in [1.82, 2.24) is 9.80 Å². The van der Waals surface area contributed by atoms with Gasteiger partial charge in [0.25, 0.3) is 0 Å². The number of fused-ring (bicyclic) bond motifs is 6. The van der Waals surface area contributed by atoms with E-state index in [1.165, 1.54) is 33.6 Å². The topological polar surface area (TPSA) is 53.4 Å². The minimum atomic E-state index is -0.650. The van der Waals surface area contributed by atoms with E-state index in [1.807, 2.05) is 0 Å². The summed E-state index contributed by atoms with van der Waals surface area (Å²) in [5.74, 6) is 0.496. The van der Waals surface area contributed by atoms with Crippen molar-refractivity contribution >= 4 is 11.4 Å². The van der Waals surface area contributed by atoms with Crippen molar-refractivity contribution in [3.05, 3.63) is 83.0 Å². The van der Waals surface area contributed by atoms with Crippen LogP contribution in [0.1, 0.15) is 50.7 Å². The Morgan fingerprint density at radius 3 is 1.52 bits per heavy atom. The molecule has 0 amide bonds. The number of para-hydroxylation sites is 2. The molecule has 6 nitrogen and oxygen atoms in total. The highest BCUT2D eigenvalue weighted by Gasteiger charge is 2.94. The SMILES string of the molecule is CC=C1CN2CCC34c5ccccc5N5C(O)C67C8CC9N(CCC9%10c9ccccc9N(C(O)C6(C1CC23)C54)C%107)CC8=CC. The largest absolute Gasteiger partial charge is 0.373 e. The third-order valence-corrected chi connectivity index (χ3v) is 16.1. The summed E-state index contributed by atoms with van der Waals surface area (Å²) in [6, 6.07) is 19.3. The van der Waals surface area contributed by atoms with E-state index in [0.29, 0.717) is 12.1 Å². The molecule has 2 aromatic rings. The molecule has 10 aliphatic rings. The lowest BCUT2D eigenvalue weighted by atomic mass is 9.36. The lowest BCUT2D eigenvalue weighted by molar-refractivity contribution is -0.176. The number of aliphatic hydroxyl groups is 2. The van der Waals surface area contributed by atoms with Crippen molar-refractivity contribution in [1.29, 1.82) is 0 Å². The maximum absolute atomic E-state index is 13.7. The number of benzene rings is 2. The predicted molar refractivity (Wildman–Crippen MR) is 169 cm³/mol. The highest BCUT2D eigenvalue weighted by molar-refractivity contribution is 5.77. The van der Waals surface area contributed by atoms with E-state index < -0.39 is 23.3 Å². The summed E-state index contributed by atoms with van der Waals surface area (Å²) < 4.78 is 0. The lowest BCUT2D eigenvalue weighted by Gasteiger charge is -2.67. The standard InChI is InChI=1S/C38H42N4O2/c1-3-21-19-39-15-13-35-23-9-5-7-11-27(23)41-31(35)37(25(21)17-29(35)39)33(43)42-28-12-8-6-10-24(28)36-14-16-40-20-22(4-2)26(18-30(36)40)38(37,32(36)42)34(41)44/h3-12,25-26,29-34,43-44H,13-20H2,1-2H3. The average Bonchev–Trinajstić information content (AvgIpc) is 3.86. The quantitative estimate of drug-likeness (QED) is 0.456. The van der Waals surface area contributed by atoms with Gasteiger partial charge in [0.15, 0.2) is 0 Å². The van der Waals surface area contributed by atoms with Crippen LogP contribution in [0, 0.1) is 22.7 Å². The summed E-state index contributed by atoms with van der Waals surface area (Å²) in [5.41, 5.74) is 7.29. The van der Waals surface area contributed by atoms with Crippen LogP contribution in [-0.4, -0.2) is 82.8 Å². The zero-order chi connectivity index (χ0) is 29.1. The first-order chi connectivity index (χ1) is 21.5. The van der Waals surface area contributed by atoms with Crippen molar-refractivity contribution < 1.29 is 10.2 Å². The molecular weight excluding hydrogens is 544 g/mol. The first kappa shape index (κ1) is 24.6. The van der Waals surface area contributed by atoms with Gasteiger partial charge in [-0.2, -0.15) is 0 Å². The van der Waals surface area contributed by atoms with Gasteiger partial charge in [-0.1, -0.05) is 59.7 Å². The van der Waals surface area contributed by atoms with Crippen LogP contribution in [0.3, 0.4) is 0 Å². The third-order valence-electron chi connectivity index (χ3n) is 16.1. The van der Waals surface area contributed by atoms with E-state index in [4.69, 9.17) is 0 Å². The van der Waals surface area contributed by atoms with Crippen LogP contribution in [-0.2, 0) is 10.8 Å². The summed E-state index contributed by atoms with van der Waals surface area (Å²) >= 11 is 0.